The lowest BCUT2D eigenvalue weighted by Crippen LogP contribution is -2.51. The Kier molecular flexibility index (Phi) is 7.91. The van der Waals surface area contributed by atoms with Crippen molar-refractivity contribution in [3.05, 3.63) is 65.7 Å². The van der Waals surface area contributed by atoms with Gasteiger partial charge in [-0.05, 0) is 43.0 Å². The normalized spacial score (nSPS) is 22.2. The molecule has 2 atom stereocenters. The van der Waals surface area contributed by atoms with Gasteiger partial charge in [-0.3, -0.25) is 4.79 Å². The van der Waals surface area contributed by atoms with Gasteiger partial charge < -0.3 is 14.5 Å². The van der Waals surface area contributed by atoms with Crippen LogP contribution < -0.4 is 4.90 Å². The van der Waals surface area contributed by atoms with E-state index in [4.69, 9.17) is 4.74 Å². The number of hydrogen-bond acceptors (Lipinski definition) is 5. The highest BCUT2D eigenvalue weighted by Gasteiger charge is 2.35. The predicted molar refractivity (Wildman–Crippen MR) is 134 cm³/mol. The van der Waals surface area contributed by atoms with Gasteiger partial charge in [0.1, 0.15) is 11.4 Å². The number of carbonyl (C=O) groups excluding carboxylic acids is 1. The molecular weight excluding hydrogens is 450 g/mol. The van der Waals surface area contributed by atoms with Crippen molar-refractivity contribution in [1.82, 2.24) is 9.21 Å². The molecule has 2 aliphatic heterocycles. The van der Waals surface area contributed by atoms with Gasteiger partial charge in [-0.15, -0.1) is 0 Å². The van der Waals surface area contributed by atoms with Crippen LogP contribution in [0.2, 0.25) is 0 Å². The van der Waals surface area contributed by atoms with Crippen molar-refractivity contribution in [1.29, 1.82) is 0 Å². The Morgan fingerprint density at radius 3 is 2.29 bits per heavy atom. The Bertz CT molecular complexity index is 1050. The molecule has 4 rings (SSSR count). The molecule has 184 valence electrons. The van der Waals surface area contributed by atoms with Gasteiger partial charge in [0.05, 0.1) is 0 Å². The molecule has 1 amide bonds. The van der Waals surface area contributed by atoms with Crippen molar-refractivity contribution in [3.8, 4) is 0 Å². The second-order valence-corrected chi connectivity index (χ2v) is 11.2. The molecule has 1 unspecified atom stereocenters. The van der Waals surface area contributed by atoms with Crippen LogP contribution in [0, 0.1) is 0 Å². The van der Waals surface area contributed by atoms with E-state index in [1.165, 1.54) is 0 Å². The van der Waals surface area contributed by atoms with E-state index in [0.29, 0.717) is 32.6 Å². The molecular formula is C26H35N3O4S. The highest BCUT2D eigenvalue weighted by molar-refractivity contribution is 7.89. The fourth-order valence-electron chi connectivity index (χ4n) is 4.81. The van der Waals surface area contributed by atoms with Crippen molar-refractivity contribution in [2.45, 2.75) is 44.1 Å². The van der Waals surface area contributed by atoms with Gasteiger partial charge in [-0.1, -0.05) is 48.9 Å². The number of rotatable bonds is 6. The first-order chi connectivity index (χ1) is 16.4. The van der Waals surface area contributed by atoms with E-state index in [9.17, 15) is 13.2 Å². The van der Waals surface area contributed by atoms with E-state index in [1.54, 1.807) is 18.3 Å². The molecule has 0 saturated carbocycles. The first kappa shape index (κ1) is 24.7. The van der Waals surface area contributed by atoms with Crippen LogP contribution >= 0.6 is 0 Å². The van der Waals surface area contributed by atoms with Crippen molar-refractivity contribution >= 4 is 21.6 Å². The van der Waals surface area contributed by atoms with E-state index in [0.717, 1.165) is 42.7 Å². The van der Waals surface area contributed by atoms with Gasteiger partial charge in [-0.2, -0.15) is 4.31 Å². The highest BCUT2D eigenvalue weighted by Crippen LogP contribution is 2.34. The molecule has 2 aliphatic rings. The lowest BCUT2D eigenvalue weighted by Gasteiger charge is -2.37. The minimum absolute atomic E-state index is 0.0324. The van der Waals surface area contributed by atoms with Crippen LogP contribution in [-0.2, 0) is 26.1 Å². The monoisotopic (exact) mass is 485 g/mol. The molecule has 0 aromatic heterocycles. The summed E-state index contributed by atoms with van der Waals surface area (Å²) in [5, 5.41) is -0.477. The molecule has 2 aromatic rings. The smallest absolute Gasteiger partial charge is 0.251 e. The average molecular weight is 486 g/mol. The third-order valence-corrected chi connectivity index (χ3v) is 9.23. The summed E-state index contributed by atoms with van der Waals surface area (Å²) in [6, 6.07) is 17.7. The third-order valence-electron chi connectivity index (χ3n) is 6.97. The Morgan fingerprint density at radius 1 is 0.971 bits per heavy atom. The molecule has 0 bridgehead atoms. The zero-order chi connectivity index (χ0) is 24.1. The summed E-state index contributed by atoms with van der Waals surface area (Å²) in [6.07, 6.45) is 2.04. The SMILES string of the molecule is CO[C@H](C)C(=O)N1CCN(c2ccc(CN3CCCCC(c4ccccc4)S3(=O)=O)cc2)CC1. The molecule has 2 saturated heterocycles. The Balaban J connectivity index is 1.40. The van der Waals surface area contributed by atoms with Crippen LogP contribution in [-0.4, -0.2) is 69.5 Å². The summed E-state index contributed by atoms with van der Waals surface area (Å²) in [7, 11) is -1.88. The van der Waals surface area contributed by atoms with Crippen LogP contribution in [0.25, 0.3) is 0 Å². The summed E-state index contributed by atoms with van der Waals surface area (Å²) >= 11 is 0. The minimum Gasteiger partial charge on any atom is -0.372 e. The van der Waals surface area contributed by atoms with Crippen LogP contribution in [0.15, 0.2) is 54.6 Å². The molecule has 7 nitrogen and oxygen atoms in total. The molecule has 2 fully saturated rings. The number of amides is 1. The summed E-state index contributed by atoms with van der Waals surface area (Å²) in [6.45, 7) is 5.59. The number of hydrogen-bond donors (Lipinski definition) is 0. The maximum absolute atomic E-state index is 13.5. The summed E-state index contributed by atoms with van der Waals surface area (Å²) in [5.41, 5.74) is 2.96. The van der Waals surface area contributed by atoms with Crippen LogP contribution in [0.5, 0.6) is 0 Å². The largest absolute Gasteiger partial charge is 0.372 e. The topological polar surface area (TPSA) is 70.2 Å². The average Bonchev–Trinajstić information content (AvgIpc) is 3.02. The minimum atomic E-state index is -3.43. The molecule has 8 heteroatoms. The van der Waals surface area contributed by atoms with Crippen LogP contribution in [0.4, 0.5) is 5.69 Å². The summed E-state index contributed by atoms with van der Waals surface area (Å²) in [4.78, 5) is 16.4. The Labute approximate surface area is 203 Å². The van der Waals surface area contributed by atoms with Crippen molar-refractivity contribution in [2.24, 2.45) is 0 Å². The molecule has 2 heterocycles. The van der Waals surface area contributed by atoms with Gasteiger partial charge >= 0.3 is 0 Å². The number of nitrogens with zero attached hydrogens (tertiary/aromatic N) is 3. The zero-order valence-corrected chi connectivity index (χ0v) is 20.9. The van der Waals surface area contributed by atoms with Crippen molar-refractivity contribution in [2.75, 3.05) is 44.7 Å². The standard InChI is InChI=1S/C26H35N3O4S/c1-21(33-2)26(30)28-18-16-27(17-19-28)24-13-11-22(12-14-24)20-29-15-7-6-10-25(34(29,31)32)23-8-4-3-5-9-23/h3-5,8-9,11-14,21,25H,6-7,10,15-20H2,1-2H3/t21-,25?/m1/s1. The van der Waals surface area contributed by atoms with E-state index in [2.05, 4.69) is 17.0 Å². The van der Waals surface area contributed by atoms with Gasteiger partial charge in [0.2, 0.25) is 10.0 Å². The Morgan fingerprint density at radius 2 is 1.65 bits per heavy atom. The molecule has 0 radical (unpaired) electrons. The fourth-order valence-corrected chi connectivity index (χ4v) is 6.85. The number of anilines is 1. The van der Waals surface area contributed by atoms with Gasteiger partial charge in [-0.25, -0.2) is 8.42 Å². The Hall–Kier alpha value is -2.42. The quantitative estimate of drug-likeness (QED) is 0.627. The number of ether oxygens (including phenoxy) is 1. The van der Waals surface area contributed by atoms with Crippen molar-refractivity contribution in [3.63, 3.8) is 0 Å². The number of sulfonamides is 1. The predicted octanol–water partition coefficient (Wildman–Crippen LogP) is 3.43. The second kappa shape index (κ2) is 10.9. The number of benzene rings is 2. The summed E-state index contributed by atoms with van der Waals surface area (Å²) in [5.74, 6) is 0.0324. The molecule has 0 N–H and O–H groups in total. The van der Waals surface area contributed by atoms with E-state index < -0.39 is 21.4 Å². The zero-order valence-electron chi connectivity index (χ0n) is 20.1. The van der Waals surface area contributed by atoms with E-state index >= 15 is 0 Å². The highest BCUT2D eigenvalue weighted by atomic mass is 32.2. The number of carbonyl (C=O) groups is 1. The fraction of sp³-hybridized carbons (Fsp3) is 0.500. The summed E-state index contributed by atoms with van der Waals surface area (Å²) < 4.78 is 33.8. The molecule has 0 aliphatic carbocycles. The van der Waals surface area contributed by atoms with Crippen LogP contribution in [0.1, 0.15) is 42.6 Å². The molecule has 0 spiro atoms. The molecule has 2 aromatic carbocycles. The lowest BCUT2D eigenvalue weighted by atomic mass is 10.1. The van der Waals surface area contributed by atoms with Gasteiger partial charge in [0.15, 0.2) is 0 Å². The number of piperazine rings is 1. The van der Waals surface area contributed by atoms with Gasteiger partial charge in [0.25, 0.3) is 5.91 Å². The number of methoxy groups -OCH3 is 1. The van der Waals surface area contributed by atoms with Crippen molar-refractivity contribution < 1.29 is 17.9 Å². The molecule has 34 heavy (non-hydrogen) atoms. The lowest BCUT2D eigenvalue weighted by molar-refractivity contribution is -0.141. The first-order valence-electron chi connectivity index (χ1n) is 12.1. The maximum Gasteiger partial charge on any atom is 0.251 e. The second-order valence-electron chi connectivity index (χ2n) is 9.13. The van der Waals surface area contributed by atoms with E-state index in [1.807, 2.05) is 47.4 Å². The first-order valence-corrected chi connectivity index (χ1v) is 13.6. The van der Waals surface area contributed by atoms with E-state index in [-0.39, 0.29) is 5.91 Å². The van der Waals surface area contributed by atoms with Gasteiger partial charge in [0, 0.05) is 52.1 Å². The van der Waals surface area contributed by atoms with Crippen LogP contribution in [0.3, 0.4) is 0 Å². The third kappa shape index (κ3) is 5.45. The maximum atomic E-state index is 13.5.